The fourth-order valence-corrected chi connectivity index (χ4v) is 3.28. The van der Waals surface area contributed by atoms with Crippen molar-refractivity contribution in [1.29, 1.82) is 0 Å². The van der Waals surface area contributed by atoms with Crippen LogP contribution in [-0.2, 0) is 23.9 Å². The van der Waals surface area contributed by atoms with Gasteiger partial charge in [0.1, 0.15) is 23.2 Å². The Hall–Kier alpha value is -3.03. The van der Waals surface area contributed by atoms with Crippen LogP contribution in [0.15, 0.2) is 30.3 Å². The lowest BCUT2D eigenvalue weighted by Crippen LogP contribution is -2.52. The molecule has 1 fully saturated rings. The largest absolute Gasteiger partial charge is 0.467 e. The van der Waals surface area contributed by atoms with E-state index in [1.807, 2.05) is 0 Å². The zero-order chi connectivity index (χ0) is 22.5. The van der Waals surface area contributed by atoms with Crippen LogP contribution in [0.1, 0.15) is 56.8 Å². The van der Waals surface area contributed by atoms with Crippen molar-refractivity contribution in [1.82, 2.24) is 4.90 Å². The van der Waals surface area contributed by atoms with Gasteiger partial charge in [-0.3, -0.25) is 14.4 Å². The molecule has 1 aromatic rings. The maximum atomic E-state index is 13.2. The Labute approximate surface area is 175 Å². The normalized spacial score (nSPS) is 16.0. The van der Waals surface area contributed by atoms with Crippen molar-refractivity contribution in [3.8, 4) is 0 Å². The molecular weight excluding hydrogens is 390 g/mol. The van der Waals surface area contributed by atoms with Crippen LogP contribution in [0.5, 0.6) is 0 Å². The standard InChI is InChI=1S/C22H27NO7/c1-22(2,3)30-21(28)23(19(26)14-9-6-5-7-10-14)16(20(27)29-4)13-15-17(24)11-8-12-18(15)25/h5-7,9-10,15-16H,8,11-13H2,1-4H3/t16-/m0/s1. The molecule has 0 saturated heterocycles. The quantitative estimate of drug-likeness (QED) is 0.535. The molecule has 0 aromatic heterocycles. The highest BCUT2D eigenvalue weighted by atomic mass is 16.6. The van der Waals surface area contributed by atoms with Crippen molar-refractivity contribution in [2.24, 2.45) is 5.92 Å². The highest BCUT2D eigenvalue weighted by Crippen LogP contribution is 2.26. The van der Waals surface area contributed by atoms with Gasteiger partial charge in [-0.15, -0.1) is 0 Å². The van der Waals surface area contributed by atoms with Crippen LogP contribution < -0.4 is 0 Å². The van der Waals surface area contributed by atoms with Crippen molar-refractivity contribution in [3.05, 3.63) is 35.9 Å². The second-order valence-electron chi connectivity index (χ2n) is 8.13. The lowest BCUT2D eigenvalue weighted by atomic mass is 9.82. The summed E-state index contributed by atoms with van der Waals surface area (Å²) in [7, 11) is 1.11. The van der Waals surface area contributed by atoms with Crippen LogP contribution >= 0.6 is 0 Å². The summed E-state index contributed by atoms with van der Waals surface area (Å²) in [5.41, 5.74) is -0.790. The number of carbonyl (C=O) groups excluding carboxylic acids is 5. The molecule has 1 aromatic carbocycles. The van der Waals surface area contributed by atoms with E-state index >= 15 is 0 Å². The number of esters is 1. The zero-order valence-electron chi connectivity index (χ0n) is 17.7. The van der Waals surface area contributed by atoms with Crippen LogP contribution in [0, 0.1) is 5.92 Å². The van der Waals surface area contributed by atoms with E-state index in [-0.39, 0.29) is 36.4 Å². The van der Waals surface area contributed by atoms with E-state index in [0.29, 0.717) is 11.3 Å². The summed E-state index contributed by atoms with van der Waals surface area (Å²) in [6.45, 7) is 4.87. The fraction of sp³-hybridized carbons (Fsp3) is 0.500. The Morgan fingerprint density at radius 1 is 1.07 bits per heavy atom. The maximum absolute atomic E-state index is 13.2. The molecule has 0 heterocycles. The number of Topliss-reactive ketones (excluding diaryl/α,β-unsaturated/α-hetero) is 2. The molecule has 0 N–H and O–H groups in total. The number of rotatable bonds is 5. The number of benzene rings is 1. The summed E-state index contributed by atoms with van der Waals surface area (Å²) in [4.78, 5) is 64.0. The minimum absolute atomic E-state index is 0.151. The Morgan fingerprint density at radius 3 is 2.13 bits per heavy atom. The monoisotopic (exact) mass is 417 g/mol. The Morgan fingerprint density at radius 2 is 1.63 bits per heavy atom. The minimum Gasteiger partial charge on any atom is -0.467 e. The first-order valence-electron chi connectivity index (χ1n) is 9.80. The average molecular weight is 417 g/mol. The molecule has 162 valence electrons. The van der Waals surface area contributed by atoms with E-state index in [4.69, 9.17) is 9.47 Å². The molecule has 0 unspecified atom stereocenters. The van der Waals surface area contributed by atoms with Crippen molar-refractivity contribution in [3.63, 3.8) is 0 Å². The minimum atomic E-state index is -1.48. The number of nitrogens with zero attached hydrogens (tertiary/aromatic N) is 1. The Bertz CT molecular complexity index is 810. The van der Waals surface area contributed by atoms with Gasteiger partial charge in [0, 0.05) is 18.4 Å². The second kappa shape index (κ2) is 9.65. The average Bonchev–Trinajstić information content (AvgIpc) is 2.68. The number of imide groups is 1. The van der Waals surface area contributed by atoms with Crippen LogP contribution in [0.4, 0.5) is 4.79 Å². The van der Waals surface area contributed by atoms with Gasteiger partial charge in [0.2, 0.25) is 0 Å². The number of ketones is 2. The van der Waals surface area contributed by atoms with Crippen molar-refractivity contribution < 1.29 is 33.4 Å². The summed E-state index contributed by atoms with van der Waals surface area (Å²) >= 11 is 0. The van der Waals surface area contributed by atoms with Gasteiger partial charge in [0.15, 0.2) is 0 Å². The third kappa shape index (κ3) is 5.75. The molecule has 30 heavy (non-hydrogen) atoms. The lowest BCUT2D eigenvalue weighted by Gasteiger charge is -2.32. The molecule has 0 bridgehead atoms. The predicted molar refractivity (Wildman–Crippen MR) is 107 cm³/mol. The van der Waals surface area contributed by atoms with Crippen molar-refractivity contribution in [2.75, 3.05) is 7.11 Å². The molecule has 1 saturated carbocycles. The lowest BCUT2D eigenvalue weighted by molar-refractivity contribution is -0.147. The SMILES string of the molecule is COC(=O)[C@H](CC1C(=O)CCCC1=O)N(C(=O)OC(C)(C)C)C(=O)c1ccccc1. The highest BCUT2D eigenvalue weighted by Gasteiger charge is 2.43. The predicted octanol–water partition coefficient (Wildman–Crippen LogP) is 2.93. The Balaban J connectivity index is 2.47. The summed E-state index contributed by atoms with van der Waals surface area (Å²) < 4.78 is 10.2. The van der Waals surface area contributed by atoms with E-state index in [2.05, 4.69) is 0 Å². The van der Waals surface area contributed by atoms with E-state index in [1.54, 1.807) is 39.0 Å². The number of amides is 2. The third-order valence-corrected chi connectivity index (χ3v) is 4.70. The molecule has 1 aliphatic rings. The molecule has 0 aliphatic heterocycles. The summed E-state index contributed by atoms with van der Waals surface area (Å²) in [5.74, 6) is -3.38. The molecule has 2 rings (SSSR count). The molecule has 1 atom stereocenters. The van der Waals surface area contributed by atoms with E-state index < -0.39 is 35.5 Å². The highest BCUT2D eigenvalue weighted by molar-refractivity contribution is 6.07. The third-order valence-electron chi connectivity index (χ3n) is 4.70. The van der Waals surface area contributed by atoms with Gasteiger partial charge in [-0.1, -0.05) is 18.2 Å². The summed E-state index contributed by atoms with van der Waals surface area (Å²) in [6.07, 6.45) is -0.507. The number of hydrogen-bond acceptors (Lipinski definition) is 7. The van der Waals surface area contributed by atoms with Gasteiger partial charge in [-0.2, -0.15) is 0 Å². The van der Waals surface area contributed by atoms with Gasteiger partial charge < -0.3 is 9.47 Å². The van der Waals surface area contributed by atoms with Gasteiger partial charge in [0.25, 0.3) is 5.91 Å². The number of methoxy groups -OCH3 is 1. The summed E-state index contributed by atoms with van der Waals surface area (Å²) in [6, 6.07) is 6.43. The zero-order valence-corrected chi connectivity index (χ0v) is 17.7. The van der Waals surface area contributed by atoms with E-state index in [9.17, 15) is 24.0 Å². The number of carbonyl (C=O) groups is 5. The second-order valence-corrected chi connectivity index (χ2v) is 8.13. The smallest absolute Gasteiger partial charge is 0.418 e. The molecule has 0 radical (unpaired) electrons. The molecule has 8 nitrogen and oxygen atoms in total. The number of hydrogen-bond donors (Lipinski definition) is 0. The van der Waals surface area contributed by atoms with Crippen LogP contribution in [0.2, 0.25) is 0 Å². The van der Waals surface area contributed by atoms with E-state index in [1.165, 1.54) is 12.1 Å². The van der Waals surface area contributed by atoms with Crippen LogP contribution in [-0.4, -0.2) is 53.2 Å². The van der Waals surface area contributed by atoms with Gasteiger partial charge in [0.05, 0.1) is 13.0 Å². The Kier molecular flexibility index (Phi) is 7.48. The van der Waals surface area contributed by atoms with Crippen LogP contribution in [0.3, 0.4) is 0 Å². The first kappa shape index (κ1) is 23.3. The number of ether oxygens (including phenoxy) is 2. The van der Waals surface area contributed by atoms with Crippen LogP contribution in [0.25, 0.3) is 0 Å². The van der Waals surface area contributed by atoms with Gasteiger partial charge in [-0.25, -0.2) is 14.5 Å². The summed E-state index contributed by atoms with van der Waals surface area (Å²) in [5, 5.41) is 0. The first-order valence-corrected chi connectivity index (χ1v) is 9.80. The topological polar surface area (TPSA) is 107 Å². The maximum Gasteiger partial charge on any atom is 0.418 e. The molecule has 0 spiro atoms. The van der Waals surface area contributed by atoms with Gasteiger partial charge >= 0.3 is 12.1 Å². The molecular formula is C22H27NO7. The fourth-order valence-electron chi connectivity index (χ4n) is 3.28. The molecule has 8 heteroatoms. The van der Waals surface area contributed by atoms with Gasteiger partial charge in [-0.05, 0) is 45.7 Å². The van der Waals surface area contributed by atoms with Crippen molar-refractivity contribution >= 4 is 29.5 Å². The van der Waals surface area contributed by atoms with E-state index in [0.717, 1.165) is 7.11 Å². The first-order chi connectivity index (χ1) is 14.0. The molecule has 1 aliphatic carbocycles. The molecule has 2 amide bonds. The van der Waals surface area contributed by atoms with Crippen molar-refractivity contribution in [2.45, 2.75) is 58.1 Å².